The Bertz CT molecular complexity index is 857. The van der Waals surface area contributed by atoms with Gasteiger partial charge in [-0.1, -0.05) is 0 Å². The second kappa shape index (κ2) is 7.59. The van der Waals surface area contributed by atoms with Crippen LogP contribution in [0.15, 0.2) is 4.90 Å². The van der Waals surface area contributed by atoms with Gasteiger partial charge in [0.2, 0.25) is 15.9 Å². The number of hydrogen-bond acceptors (Lipinski definition) is 4. The maximum atomic E-state index is 12.8. The van der Waals surface area contributed by atoms with Gasteiger partial charge in [0.15, 0.2) is 0 Å². The monoisotopic (exact) mass is 396 g/mol. The lowest BCUT2D eigenvalue weighted by Crippen LogP contribution is -2.36. The molecule has 0 spiro atoms. The van der Waals surface area contributed by atoms with Crippen molar-refractivity contribution in [2.24, 2.45) is 5.41 Å². The molecule has 0 radical (unpaired) electrons. The third-order valence-corrected chi connectivity index (χ3v) is 7.51. The van der Waals surface area contributed by atoms with Crippen molar-refractivity contribution in [3.63, 3.8) is 0 Å². The summed E-state index contributed by atoms with van der Waals surface area (Å²) in [5.74, 6) is -1.27. The van der Waals surface area contributed by atoms with Crippen LogP contribution in [0.4, 0.5) is 0 Å². The Balaban J connectivity index is 2.00. The molecule has 1 fully saturated rings. The molecule has 27 heavy (non-hydrogen) atoms. The van der Waals surface area contributed by atoms with Crippen molar-refractivity contribution in [1.82, 2.24) is 10.0 Å². The van der Waals surface area contributed by atoms with E-state index in [0.29, 0.717) is 24.0 Å². The lowest BCUT2D eigenvalue weighted by Gasteiger charge is -2.19. The molecule has 1 aliphatic rings. The van der Waals surface area contributed by atoms with Crippen LogP contribution in [0.25, 0.3) is 0 Å². The number of carbonyl (C=O) groups is 2. The zero-order valence-corrected chi connectivity index (χ0v) is 17.3. The van der Waals surface area contributed by atoms with E-state index < -0.39 is 21.4 Å². The number of benzene rings is 1. The number of nitrogens with one attached hydrogen (secondary N) is 2. The van der Waals surface area contributed by atoms with E-state index in [1.165, 1.54) is 0 Å². The fraction of sp³-hybridized carbons (Fsp3) is 0.579. The highest BCUT2D eigenvalue weighted by Gasteiger charge is 2.50. The van der Waals surface area contributed by atoms with Crippen LogP contribution in [0.3, 0.4) is 0 Å². The highest BCUT2D eigenvalue weighted by molar-refractivity contribution is 7.89. The minimum Gasteiger partial charge on any atom is -0.481 e. The molecule has 7 nitrogen and oxygen atoms in total. The first-order valence-corrected chi connectivity index (χ1v) is 10.5. The van der Waals surface area contributed by atoms with E-state index in [1.807, 2.05) is 20.8 Å². The highest BCUT2D eigenvalue weighted by atomic mass is 32.2. The van der Waals surface area contributed by atoms with Crippen LogP contribution in [0.1, 0.15) is 47.1 Å². The van der Waals surface area contributed by atoms with Crippen LogP contribution in [0.5, 0.6) is 0 Å². The minimum atomic E-state index is -3.75. The van der Waals surface area contributed by atoms with Gasteiger partial charge in [-0.3, -0.25) is 9.59 Å². The molecule has 0 unspecified atom stereocenters. The van der Waals surface area contributed by atoms with Gasteiger partial charge >= 0.3 is 5.97 Å². The standard InChI is InChI=1S/C19H28N2O5S/c1-11-12(2)14(4)17(15(5)13(11)3)27(25,26)21-9-6-16(22)20-10-19(7-8-19)18(23)24/h21H,6-10H2,1-5H3,(H,20,22)(H,23,24). The summed E-state index contributed by atoms with van der Waals surface area (Å²) in [6.45, 7) is 9.40. The van der Waals surface area contributed by atoms with Crippen molar-refractivity contribution in [2.75, 3.05) is 13.1 Å². The number of carboxylic acid groups (broad SMARTS) is 1. The number of aliphatic carboxylic acids is 1. The molecule has 1 aromatic carbocycles. The fourth-order valence-corrected chi connectivity index (χ4v) is 4.84. The number of amides is 1. The molecule has 0 aromatic heterocycles. The molecular formula is C19H28N2O5S. The topological polar surface area (TPSA) is 113 Å². The van der Waals surface area contributed by atoms with Crippen LogP contribution >= 0.6 is 0 Å². The van der Waals surface area contributed by atoms with Gasteiger partial charge in [-0.2, -0.15) is 0 Å². The molecule has 1 aliphatic carbocycles. The first kappa shape index (κ1) is 21.4. The molecular weight excluding hydrogens is 368 g/mol. The van der Waals surface area contributed by atoms with Gasteiger partial charge in [0.25, 0.3) is 0 Å². The highest BCUT2D eigenvalue weighted by Crippen LogP contribution is 2.45. The van der Waals surface area contributed by atoms with Gasteiger partial charge in [0.1, 0.15) is 0 Å². The van der Waals surface area contributed by atoms with Gasteiger partial charge < -0.3 is 10.4 Å². The molecule has 0 aliphatic heterocycles. The molecule has 1 amide bonds. The number of rotatable bonds is 8. The van der Waals surface area contributed by atoms with Crippen molar-refractivity contribution in [3.05, 3.63) is 27.8 Å². The molecule has 8 heteroatoms. The third-order valence-electron chi connectivity index (χ3n) is 5.78. The Hall–Kier alpha value is -1.93. The first-order chi connectivity index (χ1) is 12.4. The van der Waals surface area contributed by atoms with E-state index >= 15 is 0 Å². The van der Waals surface area contributed by atoms with Gasteiger partial charge in [-0.25, -0.2) is 13.1 Å². The predicted octanol–water partition coefficient (Wildman–Crippen LogP) is 1.88. The summed E-state index contributed by atoms with van der Waals surface area (Å²) in [6.07, 6.45) is 1.07. The first-order valence-electron chi connectivity index (χ1n) is 8.99. The van der Waals surface area contributed by atoms with Gasteiger partial charge in [0, 0.05) is 19.5 Å². The molecule has 1 aromatic rings. The number of hydrogen-bond donors (Lipinski definition) is 3. The Morgan fingerprint density at radius 1 is 0.963 bits per heavy atom. The van der Waals surface area contributed by atoms with Gasteiger partial charge in [0.05, 0.1) is 10.3 Å². The number of carboxylic acids is 1. The van der Waals surface area contributed by atoms with Crippen molar-refractivity contribution in [3.8, 4) is 0 Å². The van der Waals surface area contributed by atoms with Crippen LogP contribution in [0.2, 0.25) is 0 Å². The molecule has 2 rings (SSSR count). The fourth-order valence-electron chi connectivity index (χ4n) is 3.21. The Kier molecular flexibility index (Phi) is 6.01. The van der Waals surface area contributed by atoms with Crippen LogP contribution < -0.4 is 10.0 Å². The van der Waals surface area contributed by atoms with Crippen molar-refractivity contribution < 1.29 is 23.1 Å². The van der Waals surface area contributed by atoms with Crippen LogP contribution in [-0.4, -0.2) is 38.5 Å². The zero-order valence-electron chi connectivity index (χ0n) is 16.5. The number of sulfonamides is 1. The lowest BCUT2D eigenvalue weighted by molar-refractivity contribution is -0.143. The van der Waals surface area contributed by atoms with Crippen LogP contribution in [0, 0.1) is 40.0 Å². The maximum Gasteiger partial charge on any atom is 0.311 e. The summed E-state index contributed by atoms with van der Waals surface area (Å²) in [5.41, 5.74) is 3.56. The average Bonchev–Trinajstić information content (AvgIpc) is 3.37. The van der Waals surface area contributed by atoms with Crippen molar-refractivity contribution in [1.29, 1.82) is 0 Å². The Morgan fingerprint density at radius 2 is 1.44 bits per heavy atom. The lowest BCUT2D eigenvalue weighted by atomic mass is 9.95. The van der Waals surface area contributed by atoms with Crippen molar-refractivity contribution >= 4 is 21.9 Å². The quantitative estimate of drug-likeness (QED) is 0.621. The average molecular weight is 397 g/mol. The molecule has 0 heterocycles. The normalized spacial score (nSPS) is 15.4. The zero-order chi connectivity index (χ0) is 20.6. The maximum absolute atomic E-state index is 12.8. The summed E-state index contributed by atoms with van der Waals surface area (Å²) in [7, 11) is -3.75. The summed E-state index contributed by atoms with van der Waals surface area (Å²) in [5, 5.41) is 11.7. The minimum absolute atomic E-state index is 0.0426. The van der Waals surface area contributed by atoms with E-state index in [4.69, 9.17) is 5.11 Å². The van der Waals surface area contributed by atoms with E-state index in [0.717, 1.165) is 16.7 Å². The van der Waals surface area contributed by atoms with Crippen molar-refractivity contribution in [2.45, 2.75) is 58.8 Å². The summed E-state index contributed by atoms with van der Waals surface area (Å²) in [6, 6.07) is 0. The second-order valence-electron chi connectivity index (χ2n) is 7.46. The van der Waals surface area contributed by atoms with Gasteiger partial charge in [-0.05, 0) is 75.3 Å². The number of carbonyl (C=O) groups excluding carboxylic acids is 1. The molecule has 0 atom stereocenters. The largest absolute Gasteiger partial charge is 0.481 e. The third kappa shape index (κ3) is 4.32. The van der Waals surface area contributed by atoms with Gasteiger partial charge in [-0.15, -0.1) is 0 Å². The Morgan fingerprint density at radius 3 is 1.89 bits per heavy atom. The molecule has 1 saturated carbocycles. The molecule has 0 bridgehead atoms. The predicted molar refractivity (Wildman–Crippen MR) is 102 cm³/mol. The molecule has 0 saturated heterocycles. The van der Waals surface area contributed by atoms with E-state index in [9.17, 15) is 18.0 Å². The van der Waals surface area contributed by atoms with E-state index in [-0.39, 0.29) is 30.3 Å². The van der Waals surface area contributed by atoms with Crippen LogP contribution in [-0.2, 0) is 19.6 Å². The smallest absolute Gasteiger partial charge is 0.311 e. The molecule has 3 N–H and O–H groups in total. The summed E-state index contributed by atoms with van der Waals surface area (Å²) < 4.78 is 28.0. The molecule has 150 valence electrons. The summed E-state index contributed by atoms with van der Waals surface area (Å²) in [4.78, 5) is 23.3. The summed E-state index contributed by atoms with van der Waals surface area (Å²) >= 11 is 0. The Labute approximate surface area is 160 Å². The SMILES string of the molecule is Cc1c(C)c(C)c(S(=O)(=O)NCCC(=O)NCC2(C(=O)O)CC2)c(C)c1C. The second-order valence-corrected chi connectivity index (χ2v) is 9.17. The van der Waals surface area contributed by atoms with E-state index in [2.05, 4.69) is 10.0 Å². The van der Waals surface area contributed by atoms with E-state index in [1.54, 1.807) is 13.8 Å².